The molecule has 0 unspecified atom stereocenters. The number of benzene rings is 2. The number of carbonyl (C=O) groups excluding carboxylic acids is 1. The number of nitrogens with one attached hydrogen (secondary N) is 1. The average molecular weight is 286 g/mol. The van der Waals surface area contributed by atoms with Crippen LogP contribution in [0.2, 0.25) is 0 Å². The largest absolute Gasteiger partial charge is 0.497 e. The highest BCUT2D eigenvalue weighted by Crippen LogP contribution is 2.25. The molecule has 0 radical (unpaired) electrons. The molecule has 0 bridgehead atoms. The van der Waals surface area contributed by atoms with Crippen LogP contribution in [-0.2, 0) is 0 Å². The van der Waals surface area contributed by atoms with Crippen molar-refractivity contribution < 1.29 is 14.3 Å². The lowest BCUT2D eigenvalue weighted by Crippen LogP contribution is -2.13. The molecule has 3 N–H and O–H groups in total. The lowest BCUT2D eigenvalue weighted by molar-refractivity contribution is 0.102. The van der Waals surface area contributed by atoms with Crippen LogP contribution < -0.4 is 20.5 Å². The van der Waals surface area contributed by atoms with Crippen molar-refractivity contribution in [1.29, 1.82) is 0 Å². The first-order valence-electron chi connectivity index (χ1n) is 6.61. The van der Waals surface area contributed by atoms with Gasteiger partial charge in [0, 0.05) is 17.3 Å². The van der Waals surface area contributed by atoms with Gasteiger partial charge in [0.25, 0.3) is 5.91 Å². The monoisotopic (exact) mass is 286 g/mol. The highest BCUT2D eigenvalue weighted by Gasteiger charge is 2.11. The molecule has 0 aliphatic rings. The summed E-state index contributed by atoms with van der Waals surface area (Å²) < 4.78 is 10.6. The molecule has 2 aromatic carbocycles. The van der Waals surface area contributed by atoms with Gasteiger partial charge in [-0.25, -0.2) is 0 Å². The molecule has 2 aromatic rings. The van der Waals surface area contributed by atoms with Gasteiger partial charge in [0.15, 0.2) is 0 Å². The average Bonchev–Trinajstić information content (AvgIpc) is 2.48. The Labute approximate surface area is 123 Å². The first-order valence-corrected chi connectivity index (χ1v) is 6.61. The smallest absolute Gasteiger partial charge is 0.255 e. The molecule has 0 aromatic heterocycles. The van der Waals surface area contributed by atoms with Crippen molar-refractivity contribution >= 4 is 17.3 Å². The van der Waals surface area contributed by atoms with Gasteiger partial charge in [-0.2, -0.15) is 0 Å². The molecule has 21 heavy (non-hydrogen) atoms. The summed E-state index contributed by atoms with van der Waals surface area (Å²) in [6.45, 7) is 2.42. The van der Waals surface area contributed by atoms with Crippen molar-refractivity contribution in [2.45, 2.75) is 6.92 Å². The van der Waals surface area contributed by atoms with E-state index >= 15 is 0 Å². The zero-order valence-electron chi connectivity index (χ0n) is 12.1. The van der Waals surface area contributed by atoms with Crippen LogP contribution in [0.25, 0.3) is 0 Å². The molecule has 0 fully saturated rings. The highest BCUT2D eigenvalue weighted by atomic mass is 16.5. The number of carbonyl (C=O) groups is 1. The summed E-state index contributed by atoms with van der Waals surface area (Å²) in [5, 5.41) is 2.82. The minimum absolute atomic E-state index is 0.271. The lowest BCUT2D eigenvalue weighted by Gasteiger charge is -2.12. The van der Waals surface area contributed by atoms with Gasteiger partial charge in [-0.05, 0) is 31.2 Å². The topological polar surface area (TPSA) is 73.6 Å². The molecule has 0 atom stereocenters. The number of anilines is 2. The minimum atomic E-state index is -0.271. The van der Waals surface area contributed by atoms with Crippen LogP contribution in [0.5, 0.6) is 11.5 Å². The third-order valence-corrected chi connectivity index (χ3v) is 2.86. The summed E-state index contributed by atoms with van der Waals surface area (Å²) in [7, 11) is 1.53. The quantitative estimate of drug-likeness (QED) is 0.829. The van der Waals surface area contributed by atoms with E-state index < -0.39 is 0 Å². The van der Waals surface area contributed by atoms with Gasteiger partial charge < -0.3 is 20.5 Å². The van der Waals surface area contributed by atoms with Gasteiger partial charge in [0.1, 0.15) is 11.5 Å². The Kier molecular flexibility index (Phi) is 4.66. The van der Waals surface area contributed by atoms with Gasteiger partial charge in [-0.15, -0.1) is 0 Å². The maximum absolute atomic E-state index is 12.3. The molecule has 0 aliphatic heterocycles. The zero-order valence-corrected chi connectivity index (χ0v) is 12.1. The number of para-hydroxylation sites is 2. The van der Waals surface area contributed by atoms with Crippen LogP contribution in [0.4, 0.5) is 11.4 Å². The van der Waals surface area contributed by atoms with E-state index in [1.807, 2.05) is 19.1 Å². The van der Waals surface area contributed by atoms with E-state index in [9.17, 15) is 4.79 Å². The van der Waals surface area contributed by atoms with Gasteiger partial charge in [0.05, 0.1) is 19.4 Å². The van der Waals surface area contributed by atoms with Gasteiger partial charge in [-0.1, -0.05) is 12.1 Å². The zero-order chi connectivity index (χ0) is 15.2. The minimum Gasteiger partial charge on any atom is -0.497 e. The molecule has 0 heterocycles. The number of hydrogen-bond acceptors (Lipinski definition) is 4. The van der Waals surface area contributed by atoms with Crippen LogP contribution in [0.15, 0.2) is 42.5 Å². The fraction of sp³-hybridized carbons (Fsp3) is 0.188. The summed E-state index contributed by atoms with van der Waals surface area (Å²) in [4.78, 5) is 12.3. The first kappa shape index (κ1) is 14.7. The molecular formula is C16H18N2O3. The molecule has 5 heteroatoms. The van der Waals surface area contributed by atoms with Crippen LogP contribution in [0.3, 0.4) is 0 Å². The maximum atomic E-state index is 12.3. The van der Waals surface area contributed by atoms with Gasteiger partial charge in [-0.3, -0.25) is 4.79 Å². The Balaban J connectivity index is 2.24. The summed E-state index contributed by atoms with van der Waals surface area (Å²) in [5.41, 5.74) is 7.27. The Morgan fingerprint density at radius 2 is 2.00 bits per heavy atom. The van der Waals surface area contributed by atoms with Crippen LogP contribution in [0, 0.1) is 0 Å². The number of nitrogen functional groups attached to an aromatic ring is 1. The van der Waals surface area contributed by atoms with Gasteiger partial charge in [0.2, 0.25) is 0 Å². The molecule has 0 aliphatic carbocycles. The van der Waals surface area contributed by atoms with Crippen LogP contribution >= 0.6 is 0 Å². The second kappa shape index (κ2) is 6.65. The normalized spacial score (nSPS) is 10.0. The predicted molar refractivity (Wildman–Crippen MR) is 83.0 cm³/mol. The van der Waals surface area contributed by atoms with Crippen LogP contribution in [0.1, 0.15) is 17.3 Å². The number of methoxy groups -OCH3 is 1. The fourth-order valence-corrected chi connectivity index (χ4v) is 1.92. The van der Waals surface area contributed by atoms with E-state index in [-0.39, 0.29) is 5.91 Å². The van der Waals surface area contributed by atoms with Crippen molar-refractivity contribution in [3.8, 4) is 11.5 Å². The van der Waals surface area contributed by atoms with Crippen molar-refractivity contribution in [2.75, 3.05) is 24.8 Å². The SMILES string of the molecule is CCOc1ccccc1NC(=O)c1cc(N)cc(OC)c1. The number of hydrogen-bond donors (Lipinski definition) is 2. The lowest BCUT2D eigenvalue weighted by atomic mass is 10.1. The number of amides is 1. The Hall–Kier alpha value is -2.69. The van der Waals surface area contributed by atoms with Crippen molar-refractivity contribution in [3.63, 3.8) is 0 Å². The van der Waals surface area contributed by atoms with Crippen molar-refractivity contribution in [2.24, 2.45) is 0 Å². The third-order valence-electron chi connectivity index (χ3n) is 2.86. The predicted octanol–water partition coefficient (Wildman–Crippen LogP) is 2.93. The summed E-state index contributed by atoms with van der Waals surface area (Å²) in [6.07, 6.45) is 0. The van der Waals surface area contributed by atoms with Crippen LogP contribution in [-0.4, -0.2) is 19.6 Å². The molecule has 0 saturated carbocycles. The van der Waals surface area contributed by atoms with E-state index in [1.54, 1.807) is 30.3 Å². The molecule has 2 rings (SSSR count). The standard InChI is InChI=1S/C16H18N2O3/c1-3-21-15-7-5-4-6-14(15)18-16(19)11-8-12(17)10-13(9-11)20-2/h4-10H,3,17H2,1-2H3,(H,18,19). The molecule has 0 spiro atoms. The molecule has 1 amide bonds. The van der Waals surface area contributed by atoms with E-state index in [4.69, 9.17) is 15.2 Å². The Bertz CT molecular complexity index is 641. The summed E-state index contributed by atoms with van der Waals surface area (Å²) in [5.74, 6) is 0.898. The first-order chi connectivity index (χ1) is 10.1. The number of rotatable bonds is 5. The fourth-order valence-electron chi connectivity index (χ4n) is 1.92. The second-order valence-electron chi connectivity index (χ2n) is 4.38. The molecule has 110 valence electrons. The Morgan fingerprint density at radius 3 is 2.71 bits per heavy atom. The molecular weight excluding hydrogens is 268 g/mol. The molecule has 5 nitrogen and oxygen atoms in total. The summed E-state index contributed by atoms with van der Waals surface area (Å²) >= 11 is 0. The third kappa shape index (κ3) is 3.66. The highest BCUT2D eigenvalue weighted by molar-refractivity contribution is 6.05. The number of nitrogens with two attached hydrogens (primary N) is 1. The van der Waals surface area contributed by atoms with Gasteiger partial charge >= 0.3 is 0 Å². The summed E-state index contributed by atoms with van der Waals surface area (Å²) in [6, 6.07) is 12.2. The Morgan fingerprint density at radius 1 is 1.24 bits per heavy atom. The van der Waals surface area contributed by atoms with Crippen molar-refractivity contribution in [1.82, 2.24) is 0 Å². The van der Waals surface area contributed by atoms with E-state index in [2.05, 4.69) is 5.32 Å². The maximum Gasteiger partial charge on any atom is 0.255 e. The van der Waals surface area contributed by atoms with E-state index in [0.29, 0.717) is 35.0 Å². The number of ether oxygens (including phenoxy) is 2. The van der Waals surface area contributed by atoms with Crippen molar-refractivity contribution in [3.05, 3.63) is 48.0 Å². The molecule has 0 saturated heterocycles. The van der Waals surface area contributed by atoms with E-state index in [0.717, 1.165) is 0 Å². The van der Waals surface area contributed by atoms with E-state index in [1.165, 1.54) is 7.11 Å². The second-order valence-corrected chi connectivity index (χ2v) is 4.38.